The van der Waals surface area contributed by atoms with Crippen molar-refractivity contribution >= 4 is 16.9 Å². The maximum atomic E-state index is 12.6. The SMILES string of the molecule is Cc1ccc(-c2cc(=O)c3cc(OCC(=O)NCCc4ccccc4)ccc3o2)cc1. The molecule has 31 heavy (non-hydrogen) atoms. The molecule has 4 aromatic rings. The van der Waals surface area contributed by atoms with Gasteiger partial charge >= 0.3 is 0 Å². The number of hydrogen-bond donors (Lipinski definition) is 1. The second kappa shape index (κ2) is 9.30. The fourth-order valence-electron chi connectivity index (χ4n) is 3.28. The van der Waals surface area contributed by atoms with Crippen LogP contribution in [-0.4, -0.2) is 19.1 Å². The molecule has 1 N–H and O–H groups in total. The van der Waals surface area contributed by atoms with E-state index in [0.717, 1.165) is 23.1 Å². The van der Waals surface area contributed by atoms with E-state index in [1.165, 1.54) is 6.07 Å². The lowest BCUT2D eigenvalue weighted by Crippen LogP contribution is -2.30. The van der Waals surface area contributed by atoms with Crippen LogP contribution in [0.4, 0.5) is 0 Å². The van der Waals surface area contributed by atoms with E-state index in [1.54, 1.807) is 18.2 Å². The van der Waals surface area contributed by atoms with Gasteiger partial charge < -0.3 is 14.5 Å². The van der Waals surface area contributed by atoms with E-state index < -0.39 is 0 Å². The Morgan fingerprint density at radius 2 is 1.74 bits per heavy atom. The average molecular weight is 413 g/mol. The first-order chi connectivity index (χ1) is 15.1. The molecule has 0 bridgehead atoms. The van der Waals surface area contributed by atoms with Gasteiger partial charge in [-0.05, 0) is 37.1 Å². The van der Waals surface area contributed by atoms with Gasteiger partial charge in [-0.1, -0.05) is 60.2 Å². The molecule has 0 saturated heterocycles. The summed E-state index contributed by atoms with van der Waals surface area (Å²) in [5.74, 6) is 0.753. The maximum Gasteiger partial charge on any atom is 0.257 e. The predicted octanol–water partition coefficient (Wildman–Crippen LogP) is 4.51. The molecule has 0 spiro atoms. The van der Waals surface area contributed by atoms with E-state index in [-0.39, 0.29) is 17.9 Å². The Morgan fingerprint density at radius 3 is 2.52 bits per heavy atom. The zero-order valence-electron chi connectivity index (χ0n) is 17.3. The zero-order chi connectivity index (χ0) is 21.6. The van der Waals surface area contributed by atoms with E-state index >= 15 is 0 Å². The third kappa shape index (κ3) is 5.20. The Kier molecular flexibility index (Phi) is 6.13. The quantitative estimate of drug-likeness (QED) is 0.484. The van der Waals surface area contributed by atoms with Crippen molar-refractivity contribution in [2.75, 3.05) is 13.2 Å². The standard InChI is InChI=1S/C26H23NO4/c1-18-7-9-20(10-8-18)25-16-23(28)22-15-21(11-12-24(22)31-25)30-17-26(29)27-14-13-19-5-3-2-4-6-19/h2-12,15-16H,13-14,17H2,1H3,(H,27,29). The number of carbonyl (C=O) groups excluding carboxylic acids is 1. The van der Waals surface area contributed by atoms with Crippen LogP contribution in [0.3, 0.4) is 0 Å². The van der Waals surface area contributed by atoms with E-state index in [2.05, 4.69) is 5.32 Å². The lowest BCUT2D eigenvalue weighted by molar-refractivity contribution is -0.123. The topological polar surface area (TPSA) is 68.5 Å². The minimum Gasteiger partial charge on any atom is -0.484 e. The van der Waals surface area contributed by atoms with Crippen molar-refractivity contribution in [3.05, 3.63) is 100 Å². The molecule has 0 saturated carbocycles. The van der Waals surface area contributed by atoms with Gasteiger partial charge in [0.05, 0.1) is 5.39 Å². The number of fused-ring (bicyclic) bond motifs is 1. The molecule has 156 valence electrons. The largest absolute Gasteiger partial charge is 0.484 e. The van der Waals surface area contributed by atoms with Crippen LogP contribution in [0.5, 0.6) is 5.75 Å². The highest BCUT2D eigenvalue weighted by Crippen LogP contribution is 2.25. The molecule has 5 heteroatoms. The molecule has 1 amide bonds. The molecular weight excluding hydrogens is 390 g/mol. The summed E-state index contributed by atoms with van der Waals surface area (Å²) in [6.07, 6.45) is 0.757. The van der Waals surface area contributed by atoms with Crippen LogP contribution in [0.1, 0.15) is 11.1 Å². The Bertz CT molecular complexity index is 1240. The summed E-state index contributed by atoms with van der Waals surface area (Å²) in [7, 11) is 0. The highest BCUT2D eigenvalue weighted by Gasteiger charge is 2.09. The van der Waals surface area contributed by atoms with Gasteiger partial charge in [-0.2, -0.15) is 0 Å². The average Bonchev–Trinajstić information content (AvgIpc) is 2.79. The summed E-state index contributed by atoms with van der Waals surface area (Å²) in [4.78, 5) is 24.7. The molecule has 5 nitrogen and oxygen atoms in total. The second-order valence-electron chi connectivity index (χ2n) is 7.37. The zero-order valence-corrected chi connectivity index (χ0v) is 17.3. The molecule has 0 unspecified atom stereocenters. The second-order valence-corrected chi connectivity index (χ2v) is 7.37. The lowest BCUT2D eigenvalue weighted by atomic mass is 10.1. The molecule has 1 aromatic heterocycles. The van der Waals surface area contributed by atoms with Crippen LogP contribution in [-0.2, 0) is 11.2 Å². The van der Waals surface area contributed by atoms with Crippen molar-refractivity contribution < 1.29 is 13.9 Å². The van der Waals surface area contributed by atoms with Crippen molar-refractivity contribution in [1.82, 2.24) is 5.32 Å². The number of aryl methyl sites for hydroxylation is 1. The van der Waals surface area contributed by atoms with Crippen LogP contribution < -0.4 is 15.5 Å². The normalized spacial score (nSPS) is 10.7. The molecule has 4 rings (SSSR count). The first-order valence-corrected chi connectivity index (χ1v) is 10.2. The molecule has 0 radical (unpaired) electrons. The number of ether oxygens (including phenoxy) is 1. The van der Waals surface area contributed by atoms with Gasteiger partial charge in [-0.25, -0.2) is 0 Å². The van der Waals surface area contributed by atoms with Gasteiger partial charge in [0, 0.05) is 18.2 Å². The Hall–Kier alpha value is -3.86. The smallest absolute Gasteiger partial charge is 0.257 e. The summed E-state index contributed by atoms with van der Waals surface area (Å²) in [6, 6.07) is 24.2. The maximum absolute atomic E-state index is 12.6. The molecule has 0 atom stereocenters. The van der Waals surface area contributed by atoms with Crippen LogP contribution in [0, 0.1) is 6.92 Å². The summed E-state index contributed by atoms with van der Waals surface area (Å²) in [5.41, 5.74) is 3.46. The van der Waals surface area contributed by atoms with Gasteiger partial charge in [0.15, 0.2) is 12.0 Å². The lowest BCUT2D eigenvalue weighted by Gasteiger charge is -2.09. The van der Waals surface area contributed by atoms with Crippen LogP contribution in [0.2, 0.25) is 0 Å². The van der Waals surface area contributed by atoms with Crippen LogP contribution in [0.25, 0.3) is 22.3 Å². The summed E-state index contributed by atoms with van der Waals surface area (Å²) in [5, 5.41) is 3.25. The van der Waals surface area contributed by atoms with E-state index in [4.69, 9.17) is 9.15 Å². The van der Waals surface area contributed by atoms with E-state index in [0.29, 0.717) is 29.0 Å². The summed E-state index contributed by atoms with van der Waals surface area (Å²) >= 11 is 0. The molecule has 3 aromatic carbocycles. The third-order valence-corrected chi connectivity index (χ3v) is 4.98. The molecular formula is C26H23NO4. The molecule has 0 aliphatic carbocycles. The van der Waals surface area contributed by atoms with Crippen LogP contribution >= 0.6 is 0 Å². The van der Waals surface area contributed by atoms with Gasteiger partial charge in [0.2, 0.25) is 0 Å². The van der Waals surface area contributed by atoms with Crippen molar-refractivity contribution in [2.24, 2.45) is 0 Å². The Balaban J connectivity index is 1.39. The number of benzene rings is 3. The minimum atomic E-state index is -0.210. The number of amides is 1. The summed E-state index contributed by atoms with van der Waals surface area (Å²) in [6.45, 7) is 2.42. The highest BCUT2D eigenvalue weighted by atomic mass is 16.5. The van der Waals surface area contributed by atoms with E-state index in [1.807, 2.05) is 61.5 Å². The molecule has 0 fully saturated rings. The number of rotatable bonds is 7. The van der Waals surface area contributed by atoms with Crippen molar-refractivity contribution in [2.45, 2.75) is 13.3 Å². The Labute approximate surface area is 180 Å². The highest BCUT2D eigenvalue weighted by molar-refractivity contribution is 5.81. The van der Waals surface area contributed by atoms with Crippen molar-refractivity contribution in [3.8, 4) is 17.1 Å². The van der Waals surface area contributed by atoms with Crippen molar-refractivity contribution in [1.29, 1.82) is 0 Å². The van der Waals surface area contributed by atoms with Gasteiger partial charge in [0.25, 0.3) is 5.91 Å². The first kappa shape index (κ1) is 20.4. The van der Waals surface area contributed by atoms with E-state index in [9.17, 15) is 9.59 Å². The number of carbonyl (C=O) groups is 1. The van der Waals surface area contributed by atoms with Crippen LogP contribution in [0.15, 0.2) is 88.1 Å². The fourth-order valence-corrected chi connectivity index (χ4v) is 3.28. The Morgan fingerprint density at radius 1 is 0.968 bits per heavy atom. The first-order valence-electron chi connectivity index (χ1n) is 10.2. The van der Waals surface area contributed by atoms with Gasteiger partial charge in [-0.3, -0.25) is 9.59 Å². The van der Waals surface area contributed by atoms with Gasteiger partial charge in [-0.15, -0.1) is 0 Å². The molecule has 1 heterocycles. The monoisotopic (exact) mass is 413 g/mol. The molecule has 0 aliphatic rings. The predicted molar refractivity (Wildman–Crippen MR) is 121 cm³/mol. The third-order valence-electron chi connectivity index (χ3n) is 4.98. The van der Waals surface area contributed by atoms with Gasteiger partial charge in [0.1, 0.15) is 17.1 Å². The summed E-state index contributed by atoms with van der Waals surface area (Å²) < 4.78 is 11.5. The molecule has 0 aliphatic heterocycles. The minimum absolute atomic E-state index is 0.118. The fraction of sp³-hybridized carbons (Fsp3) is 0.154. The number of nitrogens with one attached hydrogen (secondary N) is 1. The number of hydrogen-bond acceptors (Lipinski definition) is 4. The van der Waals surface area contributed by atoms with Crippen molar-refractivity contribution in [3.63, 3.8) is 0 Å².